The number of rotatable bonds is 11. The van der Waals surface area contributed by atoms with Crippen molar-refractivity contribution >= 4 is 17.7 Å². The van der Waals surface area contributed by atoms with Crippen LogP contribution in [0.15, 0.2) is 36.5 Å². The molecule has 2 aromatic rings. The second kappa shape index (κ2) is 11.2. The highest BCUT2D eigenvalue weighted by molar-refractivity contribution is 5.91. The normalized spacial score (nSPS) is 12.1. The Hall–Kier alpha value is -3.31. The molecule has 0 spiro atoms. The first-order valence-electron chi connectivity index (χ1n) is 10.1. The van der Waals surface area contributed by atoms with Crippen molar-refractivity contribution in [1.82, 2.24) is 31.1 Å². The van der Waals surface area contributed by atoms with Crippen molar-refractivity contribution in [2.75, 3.05) is 34.2 Å². The fourth-order valence-corrected chi connectivity index (χ4v) is 2.88. The van der Waals surface area contributed by atoms with Crippen LogP contribution in [0.5, 0.6) is 0 Å². The minimum atomic E-state index is -0.717. The van der Waals surface area contributed by atoms with Crippen molar-refractivity contribution in [1.29, 1.82) is 0 Å². The Bertz CT molecular complexity index is 876. The van der Waals surface area contributed by atoms with E-state index in [0.717, 1.165) is 5.69 Å². The van der Waals surface area contributed by atoms with Gasteiger partial charge in [-0.15, -0.1) is 5.10 Å². The van der Waals surface area contributed by atoms with Crippen LogP contribution in [0.1, 0.15) is 29.8 Å². The number of carbonyl (C=O) groups is 3. The summed E-state index contributed by atoms with van der Waals surface area (Å²) in [6.45, 7) is 0.648. The fraction of sp³-hybridized carbons (Fsp3) is 0.450. The van der Waals surface area contributed by atoms with Gasteiger partial charge in [0.05, 0.1) is 33.0 Å². The Morgan fingerprint density at radius 1 is 1.13 bits per heavy atom. The molecule has 0 fully saturated rings. The standard InChI is InChI=1S/C20H30N8O3/c1-28(2,3)14-18(29)23-16(20(31)24-21)11-7-8-12-22-19(30)17-13-27(26-25-17)15-9-5-4-6-10-15/h4-6,9-10,13,16H,7-8,11-12,14H2,1-3H3,(H4-,21,22,23,24,25,26,29,30,31)/p+1/t16-/m0/s1. The van der Waals surface area contributed by atoms with Gasteiger partial charge in [-0.05, 0) is 31.4 Å². The number of benzene rings is 1. The smallest absolute Gasteiger partial charge is 0.275 e. The highest BCUT2D eigenvalue weighted by atomic mass is 16.2. The van der Waals surface area contributed by atoms with Gasteiger partial charge in [0, 0.05) is 6.54 Å². The quantitative estimate of drug-likeness (QED) is 0.122. The maximum absolute atomic E-state index is 12.3. The van der Waals surface area contributed by atoms with Crippen LogP contribution < -0.4 is 21.9 Å². The molecule has 0 radical (unpaired) electrons. The largest absolute Gasteiger partial charge is 0.351 e. The lowest BCUT2D eigenvalue weighted by atomic mass is 10.1. The van der Waals surface area contributed by atoms with Crippen LogP contribution in [-0.2, 0) is 9.59 Å². The highest BCUT2D eigenvalue weighted by Gasteiger charge is 2.22. The predicted molar refractivity (Wildman–Crippen MR) is 115 cm³/mol. The number of likely N-dealkylation sites (N-methyl/N-ethyl adjacent to an activating group) is 1. The third kappa shape index (κ3) is 8.15. The molecule has 0 aliphatic rings. The first-order valence-corrected chi connectivity index (χ1v) is 10.1. The van der Waals surface area contributed by atoms with Crippen LogP contribution in [0.3, 0.4) is 0 Å². The molecule has 1 aromatic heterocycles. The molecule has 1 aromatic carbocycles. The SMILES string of the molecule is C[N+](C)(C)CC(=O)N[C@@H](CCCCNC(=O)c1cn(-c2ccccc2)nn1)C(=O)NN. The first kappa shape index (κ1) is 24.0. The van der Waals surface area contributed by atoms with E-state index in [4.69, 9.17) is 5.84 Å². The van der Waals surface area contributed by atoms with Crippen LogP contribution in [-0.4, -0.2) is 77.5 Å². The first-order chi connectivity index (χ1) is 14.7. The second-order valence-corrected chi connectivity index (χ2v) is 8.21. The Balaban J connectivity index is 1.76. The van der Waals surface area contributed by atoms with Gasteiger partial charge in [-0.3, -0.25) is 19.8 Å². The van der Waals surface area contributed by atoms with E-state index in [2.05, 4.69) is 26.4 Å². The molecule has 0 unspecified atom stereocenters. The van der Waals surface area contributed by atoms with Crippen molar-refractivity contribution in [2.24, 2.45) is 5.84 Å². The number of aromatic nitrogens is 3. The molecule has 0 aliphatic carbocycles. The number of hydrogen-bond donors (Lipinski definition) is 4. The molecule has 168 valence electrons. The number of hydrazine groups is 1. The molecule has 5 N–H and O–H groups in total. The number of unbranched alkanes of at least 4 members (excludes halogenated alkanes) is 1. The number of nitrogens with two attached hydrogens (primary N) is 1. The molecule has 0 bridgehead atoms. The molecule has 3 amide bonds. The summed E-state index contributed by atoms with van der Waals surface area (Å²) in [4.78, 5) is 36.3. The fourth-order valence-electron chi connectivity index (χ4n) is 2.88. The van der Waals surface area contributed by atoms with Crippen LogP contribution in [0.2, 0.25) is 0 Å². The Kier molecular flexibility index (Phi) is 8.64. The number of nitrogens with one attached hydrogen (secondary N) is 3. The molecular weight excluding hydrogens is 400 g/mol. The van der Waals surface area contributed by atoms with E-state index in [1.807, 2.05) is 51.5 Å². The molecule has 0 saturated carbocycles. The van der Waals surface area contributed by atoms with Gasteiger partial charge in [-0.1, -0.05) is 23.4 Å². The van der Waals surface area contributed by atoms with E-state index in [-0.39, 0.29) is 24.1 Å². The maximum atomic E-state index is 12.3. The molecular formula is C20H31N8O3+. The van der Waals surface area contributed by atoms with Crippen molar-refractivity contribution in [2.45, 2.75) is 25.3 Å². The van der Waals surface area contributed by atoms with Gasteiger partial charge in [-0.25, -0.2) is 10.5 Å². The number of carbonyl (C=O) groups excluding carboxylic acids is 3. The Morgan fingerprint density at radius 3 is 2.48 bits per heavy atom. The van der Waals surface area contributed by atoms with E-state index < -0.39 is 11.9 Å². The molecule has 11 heteroatoms. The van der Waals surface area contributed by atoms with E-state index in [9.17, 15) is 14.4 Å². The van der Waals surface area contributed by atoms with Gasteiger partial charge in [0.15, 0.2) is 12.2 Å². The van der Waals surface area contributed by atoms with Crippen LogP contribution in [0.4, 0.5) is 0 Å². The molecule has 31 heavy (non-hydrogen) atoms. The van der Waals surface area contributed by atoms with E-state index >= 15 is 0 Å². The minimum Gasteiger partial charge on any atom is -0.351 e. The predicted octanol–water partition coefficient (Wildman–Crippen LogP) is -0.652. The molecule has 1 heterocycles. The summed E-state index contributed by atoms with van der Waals surface area (Å²) in [6.07, 6.45) is 3.21. The van der Waals surface area contributed by atoms with E-state index in [0.29, 0.717) is 30.3 Å². The number of nitrogens with zero attached hydrogens (tertiary/aromatic N) is 4. The summed E-state index contributed by atoms with van der Waals surface area (Å²) in [7, 11) is 5.66. The molecule has 0 aliphatic heterocycles. The van der Waals surface area contributed by atoms with Gasteiger partial charge in [0.1, 0.15) is 6.04 Å². The minimum absolute atomic E-state index is 0.219. The van der Waals surface area contributed by atoms with Crippen LogP contribution in [0, 0.1) is 0 Å². The number of para-hydroxylation sites is 1. The van der Waals surface area contributed by atoms with Crippen LogP contribution >= 0.6 is 0 Å². The second-order valence-electron chi connectivity index (χ2n) is 8.21. The lowest BCUT2D eigenvalue weighted by Crippen LogP contribution is -2.52. The van der Waals surface area contributed by atoms with Gasteiger partial charge in [-0.2, -0.15) is 0 Å². The van der Waals surface area contributed by atoms with E-state index in [1.54, 1.807) is 6.20 Å². The topological polar surface area (TPSA) is 144 Å². The lowest BCUT2D eigenvalue weighted by molar-refractivity contribution is -0.862. The molecule has 1 atom stereocenters. The summed E-state index contributed by atoms with van der Waals surface area (Å²) in [5.74, 6) is 4.23. The molecule has 0 saturated heterocycles. The lowest BCUT2D eigenvalue weighted by Gasteiger charge is -2.24. The number of quaternary nitrogens is 1. The summed E-state index contributed by atoms with van der Waals surface area (Å²) >= 11 is 0. The van der Waals surface area contributed by atoms with Gasteiger partial charge < -0.3 is 15.1 Å². The summed E-state index contributed by atoms with van der Waals surface area (Å²) in [5, 5.41) is 13.4. The zero-order valence-corrected chi connectivity index (χ0v) is 18.2. The van der Waals surface area contributed by atoms with Crippen molar-refractivity contribution < 1.29 is 18.9 Å². The third-order valence-electron chi connectivity index (χ3n) is 4.36. The van der Waals surface area contributed by atoms with Crippen molar-refractivity contribution in [3.63, 3.8) is 0 Å². The van der Waals surface area contributed by atoms with Gasteiger partial charge >= 0.3 is 0 Å². The van der Waals surface area contributed by atoms with Crippen LogP contribution in [0.25, 0.3) is 5.69 Å². The summed E-state index contributed by atoms with van der Waals surface area (Å²) < 4.78 is 1.98. The number of hydrogen-bond acceptors (Lipinski definition) is 6. The molecule has 11 nitrogen and oxygen atoms in total. The summed E-state index contributed by atoms with van der Waals surface area (Å²) in [6, 6.07) is 8.66. The molecule has 2 rings (SSSR count). The van der Waals surface area contributed by atoms with Crippen molar-refractivity contribution in [3.8, 4) is 5.69 Å². The Labute approximate surface area is 181 Å². The van der Waals surface area contributed by atoms with E-state index in [1.165, 1.54) is 4.68 Å². The van der Waals surface area contributed by atoms with Gasteiger partial charge in [0.2, 0.25) is 0 Å². The van der Waals surface area contributed by atoms with Crippen molar-refractivity contribution in [3.05, 3.63) is 42.2 Å². The Morgan fingerprint density at radius 2 is 1.84 bits per heavy atom. The highest BCUT2D eigenvalue weighted by Crippen LogP contribution is 2.06. The average molecular weight is 432 g/mol. The average Bonchev–Trinajstić information content (AvgIpc) is 3.21. The number of amides is 3. The zero-order chi connectivity index (χ0) is 22.9. The summed E-state index contributed by atoms with van der Waals surface area (Å²) in [5.41, 5.74) is 3.11. The third-order valence-corrected chi connectivity index (χ3v) is 4.36. The zero-order valence-electron chi connectivity index (χ0n) is 18.2. The monoisotopic (exact) mass is 431 g/mol. The maximum Gasteiger partial charge on any atom is 0.275 e. The van der Waals surface area contributed by atoms with Gasteiger partial charge in [0.25, 0.3) is 17.7 Å².